The lowest BCUT2D eigenvalue weighted by molar-refractivity contribution is 0.121. The molecule has 2 heterocycles. The van der Waals surface area contributed by atoms with Gasteiger partial charge in [-0.1, -0.05) is 35.3 Å². The summed E-state index contributed by atoms with van der Waals surface area (Å²) in [7, 11) is 2.25. The molecule has 0 amide bonds. The first kappa shape index (κ1) is 13.7. The number of nitrogens with zero attached hydrogens (tertiary/aromatic N) is 1. The molecule has 1 aromatic rings. The van der Waals surface area contributed by atoms with Crippen molar-refractivity contribution >= 4 is 23.2 Å². The SMILES string of the molecule is CN1C2CCC1CC(C(N)c1cccc(Cl)c1Cl)C2. The van der Waals surface area contributed by atoms with Crippen molar-refractivity contribution in [3.8, 4) is 0 Å². The second-order valence-corrected chi connectivity index (χ2v) is 6.74. The fourth-order valence-corrected chi connectivity index (χ4v) is 4.21. The van der Waals surface area contributed by atoms with Gasteiger partial charge in [0.2, 0.25) is 0 Å². The predicted octanol–water partition coefficient (Wildman–Crippen LogP) is 3.87. The molecule has 2 saturated heterocycles. The standard InChI is InChI=1S/C15H20Cl2N2/c1-19-10-5-6-11(19)8-9(7-10)15(18)12-3-2-4-13(16)14(12)17/h2-4,9-11,15H,5-8,18H2,1H3. The van der Waals surface area contributed by atoms with Crippen molar-refractivity contribution in [3.05, 3.63) is 33.8 Å². The zero-order valence-corrected chi connectivity index (χ0v) is 12.7. The summed E-state index contributed by atoms with van der Waals surface area (Å²) in [5.41, 5.74) is 7.48. The van der Waals surface area contributed by atoms with Gasteiger partial charge in [-0.05, 0) is 50.3 Å². The number of halogens is 2. The Balaban J connectivity index is 1.81. The van der Waals surface area contributed by atoms with Crippen molar-refractivity contribution < 1.29 is 0 Å². The molecule has 0 aromatic heterocycles. The monoisotopic (exact) mass is 298 g/mol. The summed E-state index contributed by atoms with van der Waals surface area (Å²) in [5, 5.41) is 1.23. The maximum Gasteiger partial charge on any atom is 0.0640 e. The molecule has 4 heteroatoms. The molecule has 19 heavy (non-hydrogen) atoms. The Labute approximate surface area is 124 Å². The van der Waals surface area contributed by atoms with Crippen LogP contribution < -0.4 is 5.73 Å². The van der Waals surface area contributed by atoms with E-state index < -0.39 is 0 Å². The molecular formula is C15H20Cl2N2. The fraction of sp³-hybridized carbons (Fsp3) is 0.600. The smallest absolute Gasteiger partial charge is 0.0640 e. The molecule has 2 bridgehead atoms. The van der Waals surface area contributed by atoms with Crippen molar-refractivity contribution in [2.24, 2.45) is 11.7 Å². The molecule has 0 saturated carbocycles. The highest BCUT2D eigenvalue weighted by atomic mass is 35.5. The molecule has 3 atom stereocenters. The Morgan fingerprint density at radius 2 is 1.84 bits per heavy atom. The number of piperidine rings is 1. The van der Waals surface area contributed by atoms with Crippen molar-refractivity contribution in [1.29, 1.82) is 0 Å². The van der Waals surface area contributed by atoms with Gasteiger partial charge < -0.3 is 10.6 Å². The molecule has 2 aliphatic heterocycles. The van der Waals surface area contributed by atoms with Gasteiger partial charge in [0.15, 0.2) is 0 Å². The highest BCUT2D eigenvalue weighted by Crippen LogP contribution is 2.43. The third kappa shape index (κ3) is 2.40. The first-order chi connectivity index (χ1) is 9.08. The third-order valence-electron chi connectivity index (χ3n) is 4.98. The number of hydrogen-bond donors (Lipinski definition) is 1. The minimum Gasteiger partial charge on any atom is -0.324 e. The Morgan fingerprint density at radius 3 is 2.47 bits per heavy atom. The lowest BCUT2D eigenvalue weighted by Gasteiger charge is -2.39. The van der Waals surface area contributed by atoms with Crippen molar-refractivity contribution in [2.75, 3.05) is 7.05 Å². The van der Waals surface area contributed by atoms with E-state index in [1.165, 1.54) is 25.7 Å². The van der Waals surface area contributed by atoms with Crippen LogP contribution in [0.2, 0.25) is 10.0 Å². The normalized spacial score (nSPS) is 32.5. The first-order valence-electron chi connectivity index (χ1n) is 6.99. The molecule has 2 aliphatic rings. The summed E-state index contributed by atoms with van der Waals surface area (Å²) >= 11 is 12.4. The molecule has 2 nitrogen and oxygen atoms in total. The first-order valence-corrected chi connectivity index (χ1v) is 7.75. The molecule has 3 rings (SSSR count). The molecule has 2 N–H and O–H groups in total. The number of hydrogen-bond acceptors (Lipinski definition) is 2. The summed E-state index contributed by atoms with van der Waals surface area (Å²) in [5.74, 6) is 0.518. The maximum atomic E-state index is 6.48. The number of rotatable bonds is 2. The minimum atomic E-state index is 0.00278. The van der Waals surface area contributed by atoms with E-state index in [1.807, 2.05) is 18.2 Å². The van der Waals surface area contributed by atoms with E-state index in [2.05, 4.69) is 11.9 Å². The lowest BCUT2D eigenvalue weighted by atomic mass is 9.82. The van der Waals surface area contributed by atoms with Crippen molar-refractivity contribution in [1.82, 2.24) is 4.90 Å². The summed E-state index contributed by atoms with van der Waals surface area (Å²) in [4.78, 5) is 2.53. The highest BCUT2D eigenvalue weighted by molar-refractivity contribution is 6.42. The average Bonchev–Trinajstić information content (AvgIpc) is 2.64. The third-order valence-corrected chi connectivity index (χ3v) is 5.82. The quantitative estimate of drug-likeness (QED) is 0.898. The maximum absolute atomic E-state index is 6.48. The molecule has 0 aliphatic carbocycles. The van der Waals surface area contributed by atoms with Crippen LogP contribution in [0.3, 0.4) is 0 Å². The molecule has 2 fully saturated rings. The Kier molecular flexibility index (Phi) is 3.78. The largest absolute Gasteiger partial charge is 0.324 e. The van der Waals surface area contributed by atoms with Gasteiger partial charge in [-0.25, -0.2) is 0 Å². The molecule has 0 radical (unpaired) electrons. The molecule has 104 valence electrons. The van der Waals surface area contributed by atoms with Gasteiger partial charge in [-0.3, -0.25) is 0 Å². The van der Waals surface area contributed by atoms with Gasteiger partial charge in [-0.15, -0.1) is 0 Å². The van der Waals surface area contributed by atoms with E-state index in [9.17, 15) is 0 Å². The second-order valence-electron chi connectivity index (χ2n) is 5.95. The molecule has 3 unspecified atom stereocenters. The van der Waals surface area contributed by atoms with Crippen LogP contribution in [-0.4, -0.2) is 24.0 Å². The highest BCUT2D eigenvalue weighted by Gasteiger charge is 2.40. The number of fused-ring (bicyclic) bond motifs is 2. The van der Waals surface area contributed by atoms with E-state index in [1.54, 1.807) is 0 Å². The second kappa shape index (κ2) is 5.25. The van der Waals surface area contributed by atoms with Gasteiger partial charge in [0.25, 0.3) is 0 Å². The van der Waals surface area contributed by atoms with Crippen LogP contribution in [0, 0.1) is 5.92 Å². The van der Waals surface area contributed by atoms with Crippen LogP contribution in [0.15, 0.2) is 18.2 Å². The van der Waals surface area contributed by atoms with E-state index in [0.29, 0.717) is 28.0 Å². The zero-order valence-electron chi connectivity index (χ0n) is 11.2. The van der Waals surface area contributed by atoms with Crippen LogP contribution in [0.5, 0.6) is 0 Å². The fourth-order valence-electron chi connectivity index (χ4n) is 3.78. The van der Waals surface area contributed by atoms with Gasteiger partial charge in [0.1, 0.15) is 0 Å². The van der Waals surface area contributed by atoms with E-state index in [4.69, 9.17) is 28.9 Å². The van der Waals surface area contributed by atoms with E-state index in [-0.39, 0.29) is 6.04 Å². The predicted molar refractivity (Wildman–Crippen MR) is 80.7 cm³/mol. The van der Waals surface area contributed by atoms with Gasteiger partial charge in [0, 0.05) is 18.1 Å². The topological polar surface area (TPSA) is 29.3 Å². The minimum absolute atomic E-state index is 0.00278. The Morgan fingerprint density at radius 1 is 1.21 bits per heavy atom. The van der Waals surface area contributed by atoms with Gasteiger partial charge in [-0.2, -0.15) is 0 Å². The van der Waals surface area contributed by atoms with Crippen molar-refractivity contribution in [2.45, 2.75) is 43.8 Å². The van der Waals surface area contributed by atoms with E-state index >= 15 is 0 Å². The van der Waals surface area contributed by atoms with Crippen LogP contribution >= 0.6 is 23.2 Å². The number of benzene rings is 1. The molecule has 0 spiro atoms. The van der Waals surface area contributed by atoms with Crippen molar-refractivity contribution in [3.63, 3.8) is 0 Å². The zero-order chi connectivity index (χ0) is 13.6. The van der Waals surface area contributed by atoms with Crippen LogP contribution in [0.1, 0.15) is 37.3 Å². The summed E-state index contributed by atoms with van der Waals surface area (Å²) < 4.78 is 0. The summed E-state index contributed by atoms with van der Waals surface area (Å²) in [6.45, 7) is 0. The Bertz CT molecular complexity index is 463. The van der Waals surface area contributed by atoms with E-state index in [0.717, 1.165) is 5.56 Å². The average molecular weight is 299 g/mol. The Hall–Kier alpha value is -0.280. The summed E-state index contributed by atoms with van der Waals surface area (Å²) in [6, 6.07) is 7.17. The summed E-state index contributed by atoms with van der Waals surface area (Å²) in [6.07, 6.45) is 4.98. The molecular weight excluding hydrogens is 279 g/mol. The van der Waals surface area contributed by atoms with Gasteiger partial charge >= 0.3 is 0 Å². The van der Waals surface area contributed by atoms with Crippen LogP contribution in [0.25, 0.3) is 0 Å². The number of nitrogens with two attached hydrogens (primary N) is 1. The van der Waals surface area contributed by atoms with Crippen LogP contribution in [0.4, 0.5) is 0 Å². The van der Waals surface area contributed by atoms with Gasteiger partial charge in [0.05, 0.1) is 10.0 Å². The lowest BCUT2D eigenvalue weighted by Crippen LogP contribution is -2.42. The van der Waals surface area contributed by atoms with Crippen LogP contribution in [-0.2, 0) is 0 Å². The molecule has 1 aromatic carbocycles.